The van der Waals surface area contributed by atoms with E-state index >= 15 is 0 Å². The smallest absolute Gasteiger partial charge is 0.326 e. The topological polar surface area (TPSA) is 40.6 Å². The fourth-order valence-corrected chi connectivity index (χ4v) is 1.07. The molecule has 3 amide bonds. The van der Waals surface area contributed by atoms with Crippen molar-refractivity contribution < 1.29 is 9.59 Å². The summed E-state index contributed by atoms with van der Waals surface area (Å²) in [5, 5.41) is 0. The Bertz CT molecular complexity index is 247. The van der Waals surface area contributed by atoms with E-state index in [9.17, 15) is 9.59 Å². The fourth-order valence-electron chi connectivity index (χ4n) is 1.07. The average Bonchev–Trinajstić information content (AvgIpc) is 2.32. The Morgan fingerprint density at radius 3 is 2.42 bits per heavy atom. The number of carbonyl (C=O) groups excluding carboxylic acids is 2. The molecule has 0 atom stereocenters. The summed E-state index contributed by atoms with van der Waals surface area (Å²) in [5.41, 5.74) is 0.402. The molecule has 0 bridgehead atoms. The van der Waals surface area contributed by atoms with Crippen molar-refractivity contribution in [1.29, 1.82) is 0 Å². The van der Waals surface area contributed by atoms with Crippen molar-refractivity contribution in [2.75, 3.05) is 20.1 Å². The maximum absolute atomic E-state index is 11.3. The molecule has 4 nitrogen and oxygen atoms in total. The van der Waals surface area contributed by atoms with Crippen LogP contribution in [0, 0.1) is 0 Å². The number of nitrogens with zero attached hydrogens (tertiary/aromatic N) is 2. The van der Waals surface area contributed by atoms with Crippen LogP contribution < -0.4 is 0 Å². The van der Waals surface area contributed by atoms with Crippen LogP contribution >= 0.6 is 0 Å². The van der Waals surface area contributed by atoms with Gasteiger partial charge in [-0.2, -0.15) is 0 Å². The summed E-state index contributed by atoms with van der Waals surface area (Å²) in [5.74, 6) is -0.274. The summed E-state index contributed by atoms with van der Waals surface area (Å²) in [6, 6.07) is -0.233. The minimum atomic E-state index is -0.274. The maximum Gasteiger partial charge on any atom is 0.326 e. The largest absolute Gasteiger partial charge is 0.326 e. The summed E-state index contributed by atoms with van der Waals surface area (Å²) < 4.78 is 0. The number of likely N-dealkylation sites (N-methyl/N-ethyl adjacent to an activating group) is 1. The Balaban J connectivity index is 2.72. The predicted octanol–water partition coefficient (Wildman–Crippen LogP) is 0.457. The van der Waals surface area contributed by atoms with Gasteiger partial charge in [0.15, 0.2) is 0 Å². The lowest BCUT2D eigenvalue weighted by Crippen LogP contribution is -2.35. The molecule has 0 unspecified atom stereocenters. The van der Waals surface area contributed by atoms with Gasteiger partial charge in [-0.15, -0.1) is 0 Å². The van der Waals surface area contributed by atoms with Gasteiger partial charge in [0.25, 0.3) is 5.91 Å². The molecular weight excluding hydrogens is 156 g/mol. The molecule has 1 aliphatic rings. The zero-order chi connectivity index (χ0) is 9.30. The highest BCUT2D eigenvalue weighted by Gasteiger charge is 2.30. The lowest BCUT2D eigenvalue weighted by atomic mass is 10.3. The van der Waals surface area contributed by atoms with Gasteiger partial charge in [-0.05, 0) is 6.92 Å². The highest BCUT2D eigenvalue weighted by Crippen LogP contribution is 2.08. The molecule has 0 spiro atoms. The molecule has 1 aliphatic heterocycles. The molecule has 1 heterocycles. The molecule has 1 saturated heterocycles. The van der Waals surface area contributed by atoms with Crippen LogP contribution in [0.25, 0.3) is 0 Å². The van der Waals surface area contributed by atoms with Crippen LogP contribution in [-0.2, 0) is 4.79 Å². The van der Waals surface area contributed by atoms with Crippen molar-refractivity contribution in [1.82, 2.24) is 9.80 Å². The second-order valence-electron chi connectivity index (χ2n) is 2.94. The quantitative estimate of drug-likeness (QED) is 0.533. The van der Waals surface area contributed by atoms with E-state index in [4.69, 9.17) is 0 Å². The lowest BCUT2D eigenvalue weighted by molar-refractivity contribution is -0.123. The Morgan fingerprint density at radius 1 is 1.50 bits per heavy atom. The Labute approximate surface area is 71.4 Å². The number of amides is 3. The van der Waals surface area contributed by atoms with E-state index in [1.807, 2.05) is 0 Å². The van der Waals surface area contributed by atoms with Gasteiger partial charge in [0.2, 0.25) is 0 Å². The van der Waals surface area contributed by atoms with Gasteiger partial charge in [-0.3, -0.25) is 9.69 Å². The highest BCUT2D eigenvalue weighted by molar-refractivity contribution is 6.03. The molecule has 0 aliphatic carbocycles. The van der Waals surface area contributed by atoms with E-state index in [2.05, 4.69) is 6.58 Å². The molecule has 1 fully saturated rings. The van der Waals surface area contributed by atoms with E-state index in [0.29, 0.717) is 18.7 Å². The van der Waals surface area contributed by atoms with Gasteiger partial charge in [0.1, 0.15) is 0 Å². The van der Waals surface area contributed by atoms with Crippen molar-refractivity contribution in [2.24, 2.45) is 0 Å². The summed E-state index contributed by atoms with van der Waals surface area (Å²) in [6.07, 6.45) is 0. The van der Waals surface area contributed by atoms with Crippen LogP contribution in [0.15, 0.2) is 12.2 Å². The second kappa shape index (κ2) is 2.97. The predicted molar refractivity (Wildman–Crippen MR) is 44.6 cm³/mol. The molecule has 1 rings (SSSR count). The molecular formula is C8H12N2O2. The van der Waals surface area contributed by atoms with Crippen LogP contribution in [0.5, 0.6) is 0 Å². The number of urea groups is 1. The van der Waals surface area contributed by atoms with Crippen molar-refractivity contribution in [3.8, 4) is 0 Å². The minimum Gasteiger partial charge on any atom is -0.326 e. The van der Waals surface area contributed by atoms with Gasteiger partial charge < -0.3 is 4.90 Å². The molecule has 0 aromatic rings. The molecule has 0 radical (unpaired) electrons. The van der Waals surface area contributed by atoms with Gasteiger partial charge in [0, 0.05) is 25.7 Å². The molecule has 4 heteroatoms. The Hall–Kier alpha value is -1.32. The fraction of sp³-hybridized carbons (Fsp3) is 0.500. The van der Waals surface area contributed by atoms with Crippen LogP contribution in [0.4, 0.5) is 4.79 Å². The third kappa shape index (κ3) is 1.32. The molecule has 0 saturated carbocycles. The summed E-state index contributed by atoms with van der Waals surface area (Å²) in [4.78, 5) is 25.2. The Kier molecular flexibility index (Phi) is 2.17. The first-order valence-electron chi connectivity index (χ1n) is 3.76. The monoisotopic (exact) mass is 168 g/mol. The normalized spacial score (nSPS) is 17.0. The van der Waals surface area contributed by atoms with Crippen molar-refractivity contribution in [3.05, 3.63) is 12.2 Å². The molecule has 12 heavy (non-hydrogen) atoms. The van der Waals surface area contributed by atoms with Crippen LogP contribution in [0.2, 0.25) is 0 Å². The SMILES string of the molecule is C=C(C)C(=O)N1CCN(C)C1=O. The van der Waals surface area contributed by atoms with E-state index in [1.54, 1.807) is 14.0 Å². The van der Waals surface area contributed by atoms with Gasteiger partial charge in [-0.1, -0.05) is 6.58 Å². The first kappa shape index (κ1) is 8.77. The minimum absolute atomic E-state index is 0.233. The number of carbonyl (C=O) groups is 2. The Morgan fingerprint density at radius 2 is 2.08 bits per heavy atom. The maximum atomic E-state index is 11.3. The van der Waals surface area contributed by atoms with Crippen LogP contribution in [0.3, 0.4) is 0 Å². The van der Waals surface area contributed by atoms with Gasteiger partial charge >= 0.3 is 6.03 Å². The number of rotatable bonds is 1. The molecule has 66 valence electrons. The van der Waals surface area contributed by atoms with Crippen LogP contribution in [-0.4, -0.2) is 41.9 Å². The first-order valence-corrected chi connectivity index (χ1v) is 3.76. The molecule has 0 aromatic carbocycles. The van der Waals surface area contributed by atoms with E-state index in [0.717, 1.165) is 0 Å². The third-order valence-corrected chi connectivity index (χ3v) is 1.83. The zero-order valence-electron chi connectivity index (χ0n) is 7.33. The lowest BCUT2D eigenvalue weighted by Gasteiger charge is -2.13. The van der Waals surface area contributed by atoms with E-state index in [1.165, 1.54) is 9.80 Å². The standard InChI is InChI=1S/C8H12N2O2/c1-6(2)7(11)10-5-4-9(3)8(10)12/h1,4-5H2,2-3H3. The highest BCUT2D eigenvalue weighted by atomic mass is 16.2. The molecule has 0 N–H and O–H groups in total. The zero-order valence-corrected chi connectivity index (χ0v) is 7.33. The van der Waals surface area contributed by atoms with E-state index < -0.39 is 0 Å². The molecule has 0 aromatic heterocycles. The van der Waals surface area contributed by atoms with Crippen molar-refractivity contribution in [2.45, 2.75) is 6.92 Å². The second-order valence-corrected chi connectivity index (χ2v) is 2.94. The van der Waals surface area contributed by atoms with Gasteiger partial charge in [-0.25, -0.2) is 4.79 Å². The number of hydrogen-bond donors (Lipinski definition) is 0. The van der Waals surface area contributed by atoms with Crippen molar-refractivity contribution >= 4 is 11.9 Å². The number of hydrogen-bond acceptors (Lipinski definition) is 2. The summed E-state index contributed by atoms with van der Waals surface area (Å²) in [7, 11) is 1.67. The first-order chi connectivity index (χ1) is 5.54. The third-order valence-electron chi connectivity index (χ3n) is 1.83. The van der Waals surface area contributed by atoms with Crippen LogP contribution in [0.1, 0.15) is 6.92 Å². The van der Waals surface area contributed by atoms with Crippen molar-refractivity contribution in [3.63, 3.8) is 0 Å². The average molecular weight is 168 g/mol. The summed E-state index contributed by atoms with van der Waals surface area (Å²) >= 11 is 0. The summed E-state index contributed by atoms with van der Waals surface area (Å²) in [6.45, 7) is 6.18. The number of imide groups is 1. The van der Waals surface area contributed by atoms with E-state index in [-0.39, 0.29) is 11.9 Å². The van der Waals surface area contributed by atoms with Gasteiger partial charge in [0.05, 0.1) is 0 Å².